The van der Waals surface area contributed by atoms with Crippen LogP contribution in [0.4, 0.5) is 0 Å². The molecule has 0 saturated heterocycles. The molecule has 0 atom stereocenters. The molecule has 0 heterocycles. The van der Waals surface area contributed by atoms with E-state index in [0.29, 0.717) is 5.76 Å². The number of hydrogen-bond donors (Lipinski definition) is 1. The van der Waals surface area contributed by atoms with E-state index in [4.69, 9.17) is 4.74 Å². The van der Waals surface area contributed by atoms with E-state index in [0.717, 1.165) is 24.2 Å². The summed E-state index contributed by atoms with van der Waals surface area (Å²) < 4.78 is 4.98. The highest BCUT2D eigenvalue weighted by atomic mass is 16.5. The van der Waals surface area contributed by atoms with E-state index in [2.05, 4.69) is 0 Å². The minimum Gasteiger partial charge on any atom is -0.508 e. The van der Waals surface area contributed by atoms with Crippen molar-refractivity contribution in [2.24, 2.45) is 0 Å². The lowest BCUT2D eigenvalue weighted by Crippen LogP contribution is -1.97. The van der Waals surface area contributed by atoms with Gasteiger partial charge in [0.15, 0.2) is 0 Å². The van der Waals surface area contributed by atoms with Gasteiger partial charge in [-0.1, -0.05) is 0 Å². The van der Waals surface area contributed by atoms with Gasteiger partial charge >= 0.3 is 0 Å². The third kappa shape index (κ3) is 1.32. The largest absolute Gasteiger partial charge is 0.508 e. The highest BCUT2D eigenvalue weighted by Crippen LogP contribution is 2.21. The highest BCUT2D eigenvalue weighted by molar-refractivity contribution is 5.24. The number of hydrogen-bond acceptors (Lipinski definition) is 2. The molecule has 2 nitrogen and oxygen atoms in total. The van der Waals surface area contributed by atoms with Crippen molar-refractivity contribution in [3.63, 3.8) is 0 Å². The Morgan fingerprint density at radius 1 is 1.50 bits per heavy atom. The maximum Gasteiger partial charge on any atom is 0.117 e. The quantitative estimate of drug-likeness (QED) is 0.604. The fourth-order valence-electron chi connectivity index (χ4n) is 0.948. The first kappa shape index (κ1) is 7.19. The highest BCUT2D eigenvalue weighted by Gasteiger charge is 2.08. The van der Waals surface area contributed by atoms with Gasteiger partial charge in [0.1, 0.15) is 5.76 Å². The molecule has 56 valence electrons. The van der Waals surface area contributed by atoms with Crippen molar-refractivity contribution < 1.29 is 9.84 Å². The van der Waals surface area contributed by atoms with Crippen LogP contribution in [0.15, 0.2) is 23.2 Å². The van der Waals surface area contributed by atoms with E-state index in [9.17, 15) is 5.11 Å². The van der Waals surface area contributed by atoms with Crippen molar-refractivity contribution in [2.75, 3.05) is 7.11 Å². The summed E-state index contributed by atoms with van der Waals surface area (Å²) in [7, 11) is 1.62. The van der Waals surface area contributed by atoms with Gasteiger partial charge in [-0.15, -0.1) is 0 Å². The second-order valence-electron chi connectivity index (χ2n) is 2.48. The molecule has 0 bridgehead atoms. The Balaban J connectivity index is 2.76. The first-order valence-corrected chi connectivity index (χ1v) is 3.37. The molecule has 0 amide bonds. The predicted molar refractivity (Wildman–Crippen MR) is 39.7 cm³/mol. The van der Waals surface area contributed by atoms with Crippen molar-refractivity contribution in [1.82, 2.24) is 0 Å². The van der Waals surface area contributed by atoms with E-state index in [-0.39, 0.29) is 0 Å². The Morgan fingerprint density at radius 3 is 2.70 bits per heavy atom. The molecule has 1 N–H and O–H groups in total. The lowest BCUT2D eigenvalue weighted by Gasteiger charge is -2.12. The zero-order chi connectivity index (χ0) is 7.56. The van der Waals surface area contributed by atoms with Crippen LogP contribution in [0.2, 0.25) is 0 Å². The van der Waals surface area contributed by atoms with Gasteiger partial charge in [-0.2, -0.15) is 0 Å². The van der Waals surface area contributed by atoms with Crippen molar-refractivity contribution in [2.45, 2.75) is 19.8 Å². The number of ether oxygens (including phenoxy) is 1. The third-order valence-corrected chi connectivity index (χ3v) is 1.74. The molecule has 1 rings (SSSR count). The molecule has 0 aromatic carbocycles. The lowest BCUT2D eigenvalue weighted by molar-refractivity contribution is 0.268. The van der Waals surface area contributed by atoms with Crippen molar-refractivity contribution in [3.05, 3.63) is 23.2 Å². The van der Waals surface area contributed by atoms with Gasteiger partial charge in [-0.05, 0) is 18.9 Å². The van der Waals surface area contributed by atoms with Gasteiger partial charge < -0.3 is 9.84 Å². The Labute approximate surface area is 60.8 Å². The number of rotatable bonds is 1. The molecular weight excluding hydrogens is 128 g/mol. The van der Waals surface area contributed by atoms with Crippen LogP contribution < -0.4 is 0 Å². The molecule has 0 fully saturated rings. The van der Waals surface area contributed by atoms with E-state index < -0.39 is 0 Å². The van der Waals surface area contributed by atoms with Gasteiger partial charge in [0.05, 0.1) is 12.9 Å². The normalized spacial score (nSPS) is 18.8. The molecule has 0 radical (unpaired) electrons. The molecule has 0 saturated carbocycles. The number of aliphatic hydroxyl groups excluding tert-OH is 1. The second kappa shape index (κ2) is 2.78. The van der Waals surface area contributed by atoms with Gasteiger partial charge in [-0.25, -0.2) is 0 Å². The van der Waals surface area contributed by atoms with Crippen LogP contribution in [0.1, 0.15) is 19.8 Å². The van der Waals surface area contributed by atoms with E-state index in [1.165, 1.54) is 0 Å². The van der Waals surface area contributed by atoms with Crippen molar-refractivity contribution >= 4 is 0 Å². The summed E-state index contributed by atoms with van der Waals surface area (Å²) in [6.07, 6.45) is 3.50. The monoisotopic (exact) mass is 140 g/mol. The summed E-state index contributed by atoms with van der Waals surface area (Å²) >= 11 is 0. The molecule has 1 aliphatic rings. The van der Waals surface area contributed by atoms with E-state index >= 15 is 0 Å². The second-order valence-corrected chi connectivity index (χ2v) is 2.48. The van der Waals surface area contributed by atoms with E-state index in [1.54, 1.807) is 13.2 Å². The van der Waals surface area contributed by atoms with Crippen LogP contribution in [-0.4, -0.2) is 12.2 Å². The smallest absolute Gasteiger partial charge is 0.117 e. The zero-order valence-corrected chi connectivity index (χ0v) is 6.35. The first-order chi connectivity index (χ1) is 4.74. The standard InChI is InChI=1S/C8H12O2/c1-6-3-4-7(10-2)5-8(6)9/h5,9H,3-4H2,1-2H3. The van der Waals surface area contributed by atoms with Crippen molar-refractivity contribution in [3.8, 4) is 0 Å². The van der Waals surface area contributed by atoms with Crippen LogP contribution >= 0.6 is 0 Å². The summed E-state index contributed by atoms with van der Waals surface area (Å²) in [5.41, 5.74) is 1.04. The van der Waals surface area contributed by atoms with Crippen LogP contribution in [0.3, 0.4) is 0 Å². The van der Waals surface area contributed by atoms with Gasteiger partial charge in [0.25, 0.3) is 0 Å². The fraction of sp³-hybridized carbons (Fsp3) is 0.500. The summed E-state index contributed by atoms with van der Waals surface area (Å²) in [5, 5.41) is 9.20. The molecule has 0 aromatic rings. The summed E-state index contributed by atoms with van der Waals surface area (Å²) in [4.78, 5) is 0. The first-order valence-electron chi connectivity index (χ1n) is 3.37. The zero-order valence-electron chi connectivity index (χ0n) is 6.35. The Morgan fingerprint density at radius 2 is 2.20 bits per heavy atom. The van der Waals surface area contributed by atoms with Crippen LogP contribution in [0.25, 0.3) is 0 Å². The lowest BCUT2D eigenvalue weighted by atomic mass is 10.0. The Bertz CT molecular complexity index is 189. The van der Waals surface area contributed by atoms with Crippen LogP contribution in [-0.2, 0) is 4.74 Å². The molecule has 0 unspecified atom stereocenters. The maximum atomic E-state index is 9.20. The maximum absolute atomic E-state index is 9.20. The topological polar surface area (TPSA) is 29.5 Å². The molecular formula is C8H12O2. The molecule has 0 aliphatic heterocycles. The number of methoxy groups -OCH3 is 1. The fourth-order valence-corrected chi connectivity index (χ4v) is 0.948. The Kier molecular flexibility index (Phi) is 2.00. The molecule has 10 heavy (non-hydrogen) atoms. The summed E-state index contributed by atoms with van der Waals surface area (Å²) in [6.45, 7) is 1.93. The summed E-state index contributed by atoms with van der Waals surface area (Å²) in [5.74, 6) is 1.23. The average molecular weight is 140 g/mol. The minimum atomic E-state index is 0.364. The number of allylic oxidation sites excluding steroid dienone is 3. The van der Waals surface area contributed by atoms with Gasteiger partial charge in [0, 0.05) is 12.5 Å². The van der Waals surface area contributed by atoms with Crippen LogP contribution in [0, 0.1) is 0 Å². The minimum absolute atomic E-state index is 0.364. The van der Waals surface area contributed by atoms with Crippen molar-refractivity contribution in [1.29, 1.82) is 0 Å². The SMILES string of the molecule is COC1=CC(O)=C(C)CC1. The summed E-state index contributed by atoms with van der Waals surface area (Å²) in [6, 6.07) is 0. The Hall–Kier alpha value is -0.920. The molecule has 1 aliphatic carbocycles. The van der Waals surface area contributed by atoms with Crippen LogP contribution in [0.5, 0.6) is 0 Å². The van der Waals surface area contributed by atoms with E-state index in [1.807, 2.05) is 6.92 Å². The van der Waals surface area contributed by atoms with Gasteiger partial charge in [0.2, 0.25) is 0 Å². The predicted octanol–water partition coefficient (Wildman–Crippen LogP) is 2.14. The molecule has 2 heteroatoms. The third-order valence-electron chi connectivity index (χ3n) is 1.74. The average Bonchev–Trinajstić information content (AvgIpc) is 1.95. The molecule has 0 spiro atoms. The number of aliphatic hydroxyl groups is 1. The van der Waals surface area contributed by atoms with Gasteiger partial charge in [-0.3, -0.25) is 0 Å². The molecule has 0 aromatic heterocycles.